The summed E-state index contributed by atoms with van der Waals surface area (Å²) in [4.78, 5) is 7.18. The van der Waals surface area contributed by atoms with E-state index in [1.54, 1.807) is 0 Å². The molecule has 0 N–H and O–H groups in total. The zero-order valence-corrected chi connectivity index (χ0v) is 11.5. The van der Waals surface area contributed by atoms with E-state index in [-0.39, 0.29) is 0 Å². The van der Waals surface area contributed by atoms with Crippen molar-refractivity contribution in [1.82, 2.24) is 14.5 Å². The van der Waals surface area contributed by atoms with E-state index in [1.165, 1.54) is 57.6 Å². The van der Waals surface area contributed by atoms with Gasteiger partial charge in [-0.1, -0.05) is 6.42 Å². The van der Waals surface area contributed by atoms with Crippen LogP contribution in [0, 0.1) is 11.8 Å². The lowest BCUT2D eigenvalue weighted by atomic mass is 9.84. The molecule has 2 aliphatic rings. The molecule has 0 aromatic carbocycles. The lowest BCUT2D eigenvalue weighted by Gasteiger charge is -2.37. The molecule has 1 saturated heterocycles. The van der Waals surface area contributed by atoms with Crippen LogP contribution in [0.25, 0.3) is 0 Å². The molecule has 1 unspecified atom stereocenters. The topological polar surface area (TPSA) is 21.1 Å². The lowest BCUT2D eigenvalue weighted by molar-refractivity contribution is 0.123. The van der Waals surface area contributed by atoms with E-state index in [1.807, 2.05) is 6.20 Å². The third-order valence-corrected chi connectivity index (χ3v) is 4.74. The van der Waals surface area contributed by atoms with Gasteiger partial charge in [0.05, 0.1) is 0 Å². The Labute approximate surface area is 110 Å². The molecule has 1 aromatic heterocycles. The summed E-state index contributed by atoms with van der Waals surface area (Å²) < 4.78 is 2.17. The molecule has 1 aliphatic carbocycles. The molecule has 1 saturated carbocycles. The van der Waals surface area contributed by atoms with Gasteiger partial charge < -0.3 is 9.47 Å². The van der Waals surface area contributed by atoms with E-state index >= 15 is 0 Å². The number of hydrogen-bond donors (Lipinski definition) is 0. The Kier molecular flexibility index (Phi) is 3.69. The maximum absolute atomic E-state index is 4.47. The summed E-state index contributed by atoms with van der Waals surface area (Å²) in [6.07, 6.45) is 12.3. The van der Waals surface area contributed by atoms with Crippen molar-refractivity contribution < 1.29 is 0 Å². The summed E-state index contributed by atoms with van der Waals surface area (Å²) in [6, 6.07) is 0. The van der Waals surface area contributed by atoms with Crippen molar-refractivity contribution in [3.63, 3.8) is 0 Å². The van der Waals surface area contributed by atoms with E-state index in [4.69, 9.17) is 0 Å². The van der Waals surface area contributed by atoms with Crippen molar-refractivity contribution in [3.05, 3.63) is 18.2 Å². The minimum Gasteiger partial charge on any atom is -0.338 e. The monoisotopic (exact) mass is 247 g/mol. The summed E-state index contributed by atoms with van der Waals surface area (Å²) in [5.74, 6) is 3.09. The Morgan fingerprint density at radius 2 is 2.06 bits per heavy atom. The Bertz CT molecular complexity index is 381. The molecule has 18 heavy (non-hydrogen) atoms. The number of piperidine rings is 1. The summed E-state index contributed by atoms with van der Waals surface area (Å²) >= 11 is 0. The Morgan fingerprint density at radius 3 is 2.72 bits per heavy atom. The smallest absolute Gasteiger partial charge is 0.108 e. The second kappa shape index (κ2) is 5.43. The second-order valence-electron chi connectivity index (χ2n) is 6.22. The zero-order chi connectivity index (χ0) is 12.4. The number of hydrogen-bond acceptors (Lipinski definition) is 2. The number of nitrogens with zero attached hydrogens (tertiary/aromatic N) is 3. The van der Waals surface area contributed by atoms with Gasteiger partial charge in [0.15, 0.2) is 0 Å². The number of aromatic nitrogens is 2. The van der Waals surface area contributed by atoms with E-state index in [0.717, 1.165) is 18.3 Å². The van der Waals surface area contributed by atoms with Gasteiger partial charge >= 0.3 is 0 Å². The van der Waals surface area contributed by atoms with Gasteiger partial charge in [-0.2, -0.15) is 0 Å². The van der Waals surface area contributed by atoms with Crippen LogP contribution < -0.4 is 0 Å². The van der Waals surface area contributed by atoms with Crippen molar-refractivity contribution in [2.75, 3.05) is 19.6 Å². The molecule has 1 atom stereocenters. The fourth-order valence-electron chi connectivity index (χ4n) is 3.38. The Morgan fingerprint density at radius 1 is 1.22 bits per heavy atom. The van der Waals surface area contributed by atoms with Gasteiger partial charge in [0.25, 0.3) is 0 Å². The average Bonchev–Trinajstić information content (AvgIpc) is 2.71. The van der Waals surface area contributed by atoms with Crippen molar-refractivity contribution >= 4 is 0 Å². The van der Waals surface area contributed by atoms with Gasteiger partial charge in [-0.15, -0.1) is 0 Å². The number of rotatable bonds is 4. The normalized spacial score (nSPS) is 26.2. The molecule has 2 fully saturated rings. The first-order valence-electron chi connectivity index (χ1n) is 7.50. The first kappa shape index (κ1) is 12.2. The van der Waals surface area contributed by atoms with Crippen molar-refractivity contribution in [2.45, 2.75) is 38.5 Å². The van der Waals surface area contributed by atoms with E-state index in [9.17, 15) is 0 Å². The summed E-state index contributed by atoms with van der Waals surface area (Å²) in [6.45, 7) is 3.98. The van der Waals surface area contributed by atoms with Crippen LogP contribution in [0.15, 0.2) is 12.4 Å². The molecule has 0 radical (unpaired) electrons. The van der Waals surface area contributed by atoms with Crippen LogP contribution in [0.2, 0.25) is 0 Å². The molecular weight excluding hydrogens is 222 g/mol. The average molecular weight is 247 g/mol. The Hall–Kier alpha value is -0.830. The minimum absolute atomic E-state index is 0.819. The van der Waals surface area contributed by atoms with Crippen LogP contribution >= 0.6 is 0 Å². The highest BCUT2D eigenvalue weighted by molar-refractivity contribution is 4.94. The fourth-order valence-corrected chi connectivity index (χ4v) is 3.38. The lowest BCUT2D eigenvalue weighted by Crippen LogP contribution is -2.40. The molecule has 100 valence electrons. The predicted molar refractivity (Wildman–Crippen MR) is 73.4 cm³/mol. The molecule has 2 heterocycles. The van der Waals surface area contributed by atoms with Crippen LogP contribution in [0.1, 0.15) is 37.9 Å². The largest absolute Gasteiger partial charge is 0.338 e. The van der Waals surface area contributed by atoms with Gasteiger partial charge in [-0.3, -0.25) is 0 Å². The second-order valence-corrected chi connectivity index (χ2v) is 6.22. The van der Waals surface area contributed by atoms with Crippen molar-refractivity contribution in [3.8, 4) is 0 Å². The molecular formula is C15H25N3. The van der Waals surface area contributed by atoms with Gasteiger partial charge in [-0.05, 0) is 44.1 Å². The van der Waals surface area contributed by atoms with Crippen LogP contribution in [-0.2, 0) is 13.5 Å². The van der Waals surface area contributed by atoms with E-state index in [2.05, 4.69) is 27.7 Å². The van der Waals surface area contributed by atoms with Gasteiger partial charge in [0.1, 0.15) is 5.82 Å². The molecule has 0 spiro atoms. The molecule has 1 aromatic rings. The molecule has 3 heteroatoms. The van der Waals surface area contributed by atoms with Crippen LogP contribution in [0.4, 0.5) is 0 Å². The fraction of sp³-hybridized carbons (Fsp3) is 0.800. The molecule has 1 aliphatic heterocycles. The summed E-state index contributed by atoms with van der Waals surface area (Å²) in [5.41, 5.74) is 0. The van der Waals surface area contributed by atoms with Gasteiger partial charge in [0.2, 0.25) is 0 Å². The van der Waals surface area contributed by atoms with E-state index in [0.29, 0.717) is 0 Å². The third kappa shape index (κ3) is 2.77. The van der Waals surface area contributed by atoms with E-state index < -0.39 is 0 Å². The maximum atomic E-state index is 4.47. The maximum Gasteiger partial charge on any atom is 0.108 e. The number of aryl methyl sites for hydroxylation is 1. The quantitative estimate of drug-likeness (QED) is 0.815. The number of imidazole rings is 1. The molecule has 0 amide bonds. The summed E-state index contributed by atoms with van der Waals surface area (Å²) in [7, 11) is 2.11. The summed E-state index contributed by atoms with van der Waals surface area (Å²) in [5, 5.41) is 0. The van der Waals surface area contributed by atoms with Crippen LogP contribution in [0.3, 0.4) is 0 Å². The van der Waals surface area contributed by atoms with Crippen LogP contribution in [0.5, 0.6) is 0 Å². The number of likely N-dealkylation sites (tertiary alicyclic amines) is 1. The third-order valence-electron chi connectivity index (χ3n) is 4.74. The molecule has 3 nitrogen and oxygen atoms in total. The first-order chi connectivity index (χ1) is 8.81. The minimum atomic E-state index is 0.819. The highest BCUT2D eigenvalue weighted by Gasteiger charge is 2.25. The van der Waals surface area contributed by atoms with Crippen molar-refractivity contribution in [2.24, 2.45) is 18.9 Å². The standard InChI is InChI=1S/C15H25N3/c1-17-9-7-16-15(17)10-14-6-3-8-18(12-14)11-13-4-2-5-13/h7,9,13-14H,2-6,8,10-12H2,1H3. The molecule has 0 bridgehead atoms. The highest BCUT2D eigenvalue weighted by atomic mass is 15.1. The predicted octanol–water partition coefficient (Wildman–Crippen LogP) is 2.47. The van der Waals surface area contributed by atoms with Crippen molar-refractivity contribution in [1.29, 1.82) is 0 Å². The highest BCUT2D eigenvalue weighted by Crippen LogP contribution is 2.29. The van der Waals surface area contributed by atoms with Crippen LogP contribution in [-0.4, -0.2) is 34.1 Å². The zero-order valence-electron chi connectivity index (χ0n) is 11.5. The SMILES string of the molecule is Cn1ccnc1CC1CCCN(CC2CCC2)C1. The van der Waals surface area contributed by atoms with Gasteiger partial charge in [-0.25, -0.2) is 4.98 Å². The Balaban J connectivity index is 1.51. The molecule has 3 rings (SSSR count). The van der Waals surface area contributed by atoms with Gasteiger partial charge in [0, 0.05) is 39.0 Å². The first-order valence-corrected chi connectivity index (χ1v) is 7.50.